The van der Waals surface area contributed by atoms with E-state index in [4.69, 9.17) is 0 Å². The number of carboxylic acids is 1. The van der Waals surface area contributed by atoms with Crippen LogP contribution in [0.25, 0.3) is 0 Å². The van der Waals surface area contributed by atoms with Crippen LogP contribution in [0.3, 0.4) is 0 Å². The molecule has 2 saturated carbocycles. The van der Waals surface area contributed by atoms with Crippen LogP contribution < -0.4 is 0 Å². The van der Waals surface area contributed by atoms with Crippen molar-refractivity contribution in [3.05, 3.63) is 12.2 Å². The van der Waals surface area contributed by atoms with Gasteiger partial charge in [-0.05, 0) is 31.1 Å². The molecule has 4 atom stereocenters. The Labute approximate surface area is 124 Å². The molecule has 0 aromatic carbocycles. The Kier molecular flexibility index (Phi) is 3.56. The predicted octanol–water partition coefficient (Wildman–Crippen LogP) is 1.27. The summed E-state index contributed by atoms with van der Waals surface area (Å²) in [5, 5.41) is 19.9. The average Bonchev–Trinajstić information content (AvgIpc) is 3.12. The minimum Gasteiger partial charge on any atom is -0.481 e. The summed E-state index contributed by atoms with van der Waals surface area (Å²) in [4.78, 5) is 25.7. The van der Waals surface area contributed by atoms with Gasteiger partial charge >= 0.3 is 5.97 Å². The number of hydrogen-bond donors (Lipinski definition) is 2. The summed E-state index contributed by atoms with van der Waals surface area (Å²) in [5.74, 6) is -2.04. The zero-order valence-electron chi connectivity index (χ0n) is 12.4. The first-order chi connectivity index (χ1) is 9.91. The van der Waals surface area contributed by atoms with Crippen LogP contribution in [0.15, 0.2) is 12.2 Å². The number of carbonyl (C=O) groups excluding carboxylic acids is 1. The maximum atomic E-state index is 12.7. The Hall–Kier alpha value is -1.36. The highest BCUT2D eigenvalue weighted by atomic mass is 16.4. The van der Waals surface area contributed by atoms with Crippen LogP contribution >= 0.6 is 0 Å². The molecule has 0 aliphatic heterocycles. The lowest BCUT2D eigenvalue weighted by molar-refractivity contribution is -0.151. The Bertz CT molecular complexity index is 481. The van der Waals surface area contributed by atoms with Gasteiger partial charge in [-0.15, -0.1) is 0 Å². The van der Waals surface area contributed by atoms with Crippen molar-refractivity contribution in [2.45, 2.75) is 37.7 Å². The number of nitrogens with zero attached hydrogens (tertiary/aromatic N) is 1. The number of fused-ring (bicyclic) bond motifs is 2. The van der Waals surface area contributed by atoms with Crippen molar-refractivity contribution in [3.63, 3.8) is 0 Å². The highest BCUT2D eigenvalue weighted by Crippen LogP contribution is 2.48. The van der Waals surface area contributed by atoms with Crippen molar-refractivity contribution in [2.75, 3.05) is 13.6 Å². The second-order valence-corrected chi connectivity index (χ2v) is 6.96. The number of aliphatic hydroxyl groups is 1. The van der Waals surface area contributed by atoms with Crippen molar-refractivity contribution in [2.24, 2.45) is 23.7 Å². The number of likely N-dealkylation sites (N-methyl/N-ethyl adjacent to an activating group) is 1. The fourth-order valence-corrected chi connectivity index (χ4v) is 4.46. The first kappa shape index (κ1) is 14.6. The topological polar surface area (TPSA) is 77.8 Å². The molecule has 5 nitrogen and oxygen atoms in total. The molecule has 0 saturated heterocycles. The smallest absolute Gasteiger partial charge is 0.307 e. The summed E-state index contributed by atoms with van der Waals surface area (Å²) < 4.78 is 0. The largest absolute Gasteiger partial charge is 0.481 e. The highest BCUT2D eigenvalue weighted by Gasteiger charge is 2.52. The summed E-state index contributed by atoms with van der Waals surface area (Å²) in [5.41, 5.74) is -0.781. The average molecular weight is 293 g/mol. The van der Waals surface area contributed by atoms with Gasteiger partial charge in [0.05, 0.1) is 17.4 Å². The summed E-state index contributed by atoms with van der Waals surface area (Å²) in [6.45, 7) is 0.315. The van der Waals surface area contributed by atoms with Crippen molar-refractivity contribution < 1.29 is 19.8 Å². The molecule has 1 amide bonds. The standard InChI is InChI=1S/C16H23NO4/c1-17(9-16(21)6-2-3-7-16)14(18)12-10-4-5-11(8-10)13(12)15(19)20/h4-5,10-13,21H,2-3,6-9H2,1H3,(H,19,20)/t10?,11?,12-,13+/m0/s1. The number of aliphatic carboxylic acids is 1. The quantitative estimate of drug-likeness (QED) is 0.765. The Balaban J connectivity index is 1.72. The van der Waals surface area contributed by atoms with Gasteiger partial charge in [-0.25, -0.2) is 0 Å². The van der Waals surface area contributed by atoms with E-state index in [1.54, 1.807) is 11.9 Å². The third-order valence-electron chi connectivity index (χ3n) is 5.47. The Morgan fingerprint density at radius 1 is 1.19 bits per heavy atom. The molecule has 0 heterocycles. The van der Waals surface area contributed by atoms with E-state index in [1.165, 1.54) is 0 Å². The maximum absolute atomic E-state index is 12.7. The lowest BCUT2D eigenvalue weighted by Crippen LogP contribution is -2.47. The van der Waals surface area contributed by atoms with E-state index >= 15 is 0 Å². The molecule has 0 radical (unpaired) electrons. The monoisotopic (exact) mass is 293 g/mol. The minimum absolute atomic E-state index is 0.00980. The molecule has 0 aromatic rings. The van der Waals surface area contributed by atoms with Crippen LogP contribution in [0, 0.1) is 23.7 Å². The number of amides is 1. The lowest BCUT2D eigenvalue weighted by Gasteiger charge is -2.33. The molecule has 2 fully saturated rings. The molecule has 21 heavy (non-hydrogen) atoms. The molecule has 0 aromatic heterocycles. The normalized spacial score (nSPS) is 36.1. The molecule has 0 spiro atoms. The van der Waals surface area contributed by atoms with Crippen molar-refractivity contribution in [1.82, 2.24) is 4.90 Å². The van der Waals surface area contributed by atoms with E-state index < -0.39 is 23.4 Å². The van der Waals surface area contributed by atoms with E-state index in [0.717, 1.165) is 32.1 Å². The molecule has 3 aliphatic rings. The van der Waals surface area contributed by atoms with Gasteiger partial charge in [-0.3, -0.25) is 9.59 Å². The number of allylic oxidation sites excluding steroid dienone is 2. The van der Waals surface area contributed by atoms with Crippen molar-refractivity contribution in [1.29, 1.82) is 0 Å². The molecular formula is C16H23NO4. The molecule has 3 aliphatic carbocycles. The highest BCUT2D eigenvalue weighted by molar-refractivity contribution is 5.86. The Morgan fingerprint density at radius 2 is 1.76 bits per heavy atom. The number of rotatable bonds is 4. The van der Waals surface area contributed by atoms with E-state index in [2.05, 4.69) is 0 Å². The van der Waals surface area contributed by atoms with Crippen LogP contribution in [-0.4, -0.2) is 46.2 Å². The molecule has 2 unspecified atom stereocenters. The third kappa shape index (κ3) is 2.48. The van der Waals surface area contributed by atoms with Gasteiger partial charge in [0.25, 0.3) is 0 Å². The number of carboxylic acid groups (broad SMARTS) is 1. The number of hydrogen-bond acceptors (Lipinski definition) is 3. The fourth-order valence-electron chi connectivity index (χ4n) is 4.46. The lowest BCUT2D eigenvalue weighted by atomic mass is 9.82. The van der Waals surface area contributed by atoms with Crippen LogP contribution in [-0.2, 0) is 9.59 Å². The number of carbonyl (C=O) groups is 2. The molecule has 2 bridgehead atoms. The van der Waals surface area contributed by atoms with Gasteiger partial charge < -0.3 is 15.1 Å². The summed E-state index contributed by atoms with van der Waals surface area (Å²) >= 11 is 0. The minimum atomic E-state index is -0.877. The van der Waals surface area contributed by atoms with Gasteiger partial charge in [0.1, 0.15) is 0 Å². The maximum Gasteiger partial charge on any atom is 0.307 e. The fraction of sp³-hybridized carbons (Fsp3) is 0.750. The van der Waals surface area contributed by atoms with E-state index in [9.17, 15) is 19.8 Å². The first-order valence-electron chi connectivity index (χ1n) is 7.80. The molecule has 2 N–H and O–H groups in total. The third-order valence-corrected chi connectivity index (χ3v) is 5.47. The first-order valence-corrected chi connectivity index (χ1v) is 7.80. The SMILES string of the molecule is CN(CC1(O)CCCC1)C(=O)[C@H]1C2C=CC(C2)[C@H]1C(=O)O. The molecule has 5 heteroatoms. The van der Waals surface area contributed by atoms with Crippen LogP contribution in [0.1, 0.15) is 32.1 Å². The van der Waals surface area contributed by atoms with Crippen LogP contribution in [0.4, 0.5) is 0 Å². The zero-order chi connectivity index (χ0) is 15.2. The van der Waals surface area contributed by atoms with Crippen LogP contribution in [0.5, 0.6) is 0 Å². The van der Waals surface area contributed by atoms with Gasteiger partial charge in [0, 0.05) is 13.6 Å². The summed E-state index contributed by atoms with van der Waals surface area (Å²) in [7, 11) is 1.69. The summed E-state index contributed by atoms with van der Waals surface area (Å²) in [6, 6.07) is 0. The second kappa shape index (κ2) is 5.13. The molecule has 116 valence electrons. The zero-order valence-corrected chi connectivity index (χ0v) is 12.4. The van der Waals surface area contributed by atoms with Gasteiger partial charge in [0.15, 0.2) is 0 Å². The second-order valence-electron chi connectivity index (χ2n) is 6.96. The van der Waals surface area contributed by atoms with Crippen LogP contribution in [0.2, 0.25) is 0 Å². The van der Waals surface area contributed by atoms with Crippen molar-refractivity contribution >= 4 is 11.9 Å². The van der Waals surface area contributed by atoms with Gasteiger partial charge in [-0.1, -0.05) is 25.0 Å². The van der Waals surface area contributed by atoms with Crippen molar-refractivity contribution in [3.8, 4) is 0 Å². The van der Waals surface area contributed by atoms with E-state index in [-0.39, 0.29) is 17.7 Å². The van der Waals surface area contributed by atoms with E-state index in [0.29, 0.717) is 6.54 Å². The molecule has 3 rings (SSSR count). The van der Waals surface area contributed by atoms with Gasteiger partial charge in [0.2, 0.25) is 5.91 Å². The summed E-state index contributed by atoms with van der Waals surface area (Å²) in [6.07, 6.45) is 8.14. The van der Waals surface area contributed by atoms with Gasteiger partial charge in [-0.2, -0.15) is 0 Å². The Morgan fingerprint density at radius 3 is 2.33 bits per heavy atom. The van der Waals surface area contributed by atoms with E-state index in [1.807, 2.05) is 12.2 Å². The predicted molar refractivity (Wildman–Crippen MR) is 76.4 cm³/mol. The molecular weight excluding hydrogens is 270 g/mol.